The smallest absolute Gasteiger partial charge is 0.391 e. The summed E-state index contributed by atoms with van der Waals surface area (Å²) in [6.45, 7) is 25.1. The summed E-state index contributed by atoms with van der Waals surface area (Å²) in [5.74, 6) is -1.08. The first kappa shape index (κ1) is 34.9. The second-order valence-electron chi connectivity index (χ2n) is 12.3. The van der Waals surface area contributed by atoms with E-state index in [-0.39, 0.29) is 5.70 Å². The molecule has 0 aliphatic rings. The largest absolute Gasteiger partial charge is 0.465 e. The Bertz CT molecular complexity index is 1710. The number of hydrogen-bond acceptors (Lipinski definition) is 6. The number of benzene rings is 2. The molecule has 8 heteroatoms. The average Bonchev–Trinajstić information content (AvgIpc) is 3.02. The number of nitrogens with zero attached hydrogens (tertiary/aromatic N) is 4. The van der Waals surface area contributed by atoms with Crippen LogP contribution in [0.5, 0.6) is 0 Å². The third-order valence-corrected chi connectivity index (χ3v) is 6.08. The van der Waals surface area contributed by atoms with Gasteiger partial charge in [-0.2, -0.15) is 0 Å². The molecule has 0 fully saturated rings. The fraction of sp³-hybridized carbons (Fsp3) is 0.263. The molecule has 0 bridgehead atoms. The van der Waals surface area contributed by atoms with Gasteiger partial charge in [0.15, 0.2) is 0 Å². The van der Waals surface area contributed by atoms with Crippen LogP contribution >= 0.6 is 0 Å². The maximum absolute atomic E-state index is 12.0. The maximum Gasteiger partial charge on any atom is 0.391 e. The quantitative estimate of drug-likeness (QED) is 0.118. The van der Waals surface area contributed by atoms with Crippen LogP contribution < -0.4 is 0 Å². The normalized spacial score (nSPS) is 12.0. The highest BCUT2D eigenvalue weighted by molar-refractivity contribution is 5.95. The van der Waals surface area contributed by atoms with Gasteiger partial charge in [-0.15, -0.1) is 0 Å². The summed E-state index contributed by atoms with van der Waals surface area (Å²) in [4.78, 5) is 39.3. The lowest BCUT2D eigenvalue weighted by atomic mass is 10.0. The van der Waals surface area contributed by atoms with E-state index in [1.807, 2.05) is 84.9 Å². The molecule has 1 unspecified atom stereocenters. The first-order valence-electron chi connectivity index (χ1n) is 14.7. The summed E-state index contributed by atoms with van der Waals surface area (Å²) in [5.41, 5.74) is 4.21. The monoisotopic (exact) mass is 614 g/mol. The fourth-order valence-electron chi connectivity index (χ4n) is 4.03. The molecule has 0 saturated heterocycles. The van der Waals surface area contributed by atoms with E-state index in [4.69, 9.17) is 22.6 Å². The number of carbonyl (C=O) groups excluding carboxylic acids is 2. The molecule has 0 aliphatic heterocycles. The Morgan fingerprint density at radius 3 is 1.65 bits per heavy atom. The van der Waals surface area contributed by atoms with E-state index in [1.165, 1.54) is 6.08 Å². The van der Waals surface area contributed by atoms with Gasteiger partial charge in [-0.1, -0.05) is 60.7 Å². The molecule has 0 amide bonds. The Labute approximate surface area is 271 Å². The van der Waals surface area contributed by atoms with Gasteiger partial charge in [0, 0.05) is 23.5 Å². The summed E-state index contributed by atoms with van der Waals surface area (Å²) in [6, 6.07) is 25.9. The Kier molecular flexibility index (Phi) is 12.1. The van der Waals surface area contributed by atoms with Crippen molar-refractivity contribution >= 4 is 18.0 Å². The molecule has 1 atom stereocenters. The van der Waals surface area contributed by atoms with Crippen LogP contribution in [0.2, 0.25) is 0 Å². The Morgan fingerprint density at radius 1 is 0.739 bits per heavy atom. The van der Waals surface area contributed by atoms with Crippen LogP contribution in [0.4, 0.5) is 0 Å². The molecule has 8 nitrogen and oxygen atoms in total. The van der Waals surface area contributed by atoms with Crippen LogP contribution in [-0.2, 0) is 25.5 Å². The van der Waals surface area contributed by atoms with Gasteiger partial charge in [-0.3, -0.25) is 14.8 Å². The number of carbonyl (C=O) groups is 2. The maximum atomic E-state index is 12.0. The summed E-state index contributed by atoms with van der Waals surface area (Å²) in [5, 5.41) is 0. The van der Waals surface area contributed by atoms with E-state index >= 15 is 0 Å². The van der Waals surface area contributed by atoms with Gasteiger partial charge in [-0.05, 0) is 83.0 Å². The van der Waals surface area contributed by atoms with Crippen LogP contribution in [0.1, 0.15) is 52.7 Å². The molecule has 0 saturated carbocycles. The van der Waals surface area contributed by atoms with Gasteiger partial charge < -0.3 is 14.3 Å². The Balaban J connectivity index is 0.000000250. The molecule has 0 aliphatic carbocycles. The SMILES string of the molecule is [C-]#[N+]/C(=C/c1ccc(-c2ccccn2)cc1)C(=O)OC(C)(C)C.[C-]#[N+]C(Cc1ccc(-c2ccccn2)cc1)C(=O)OC(C)(C)C. The number of pyridine rings is 2. The van der Waals surface area contributed by atoms with Crippen molar-refractivity contribution in [1.82, 2.24) is 9.97 Å². The highest BCUT2D eigenvalue weighted by Gasteiger charge is 2.29. The molecule has 4 aromatic rings. The summed E-state index contributed by atoms with van der Waals surface area (Å²) >= 11 is 0. The molecule has 4 rings (SSSR count). The number of hydrogen-bond donors (Lipinski definition) is 0. The van der Waals surface area contributed by atoms with Crippen LogP contribution in [0, 0.1) is 13.1 Å². The highest BCUT2D eigenvalue weighted by atomic mass is 16.6. The number of esters is 2. The minimum Gasteiger partial charge on any atom is -0.465 e. The third-order valence-electron chi connectivity index (χ3n) is 6.08. The van der Waals surface area contributed by atoms with E-state index in [1.54, 1.807) is 53.9 Å². The van der Waals surface area contributed by atoms with Gasteiger partial charge in [0.25, 0.3) is 5.70 Å². The second-order valence-corrected chi connectivity index (χ2v) is 12.3. The van der Waals surface area contributed by atoms with Gasteiger partial charge in [0.1, 0.15) is 11.2 Å². The van der Waals surface area contributed by atoms with Crippen LogP contribution in [-0.4, -0.2) is 39.2 Å². The molecule has 2 heterocycles. The van der Waals surface area contributed by atoms with Crippen molar-refractivity contribution in [2.24, 2.45) is 0 Å². The van der Waals surface area contributed by atoms with Gasteiger partial charge >= 0.3 is 18.0 Å². The molecular weight excluding hydrogens is 576 g/mol. The minimum absolute atomic E-state index is 0.0366. The average molecular weight is 615 g/mol. The van der Waals surface area contributed by atoms with Crippen LogP contribution in [0.15, 0.2) is 103 Å². The summed E-state index contributed by atoms with van der Waals surface area (Å²) in [6.07, 6.45) is 5.37. The number of aromatic nitrogens is 2. The third kappa shape index (κ3) is 11.5. The lowest BCUT2D eigenvalue weighted by Crippen LogP contribution is -2.31. The van der Waals surface area contributed by atoms with Crippen molar-refractivity contribution < 1.29 is 19.1 Å². The highest BCUT2D eigenvalue weighted by Crippen LogP contribution is 2.21. The van der Waals surface area contributed by atoms with Gasteiger partial charge in [0.2, 0.25) is 0 Å². The predicted octanol–water partition coefficient (Wildman–Crippen LogP) is 8.27. The van der Waals surface area contributed by atoms with Gasteiger partial charge in [0.05, 0.1) is 24.4 Å². The number of rotatable bonds is 7. The molecule has 0 N–H and O–H groups in total. The van der Waals surface area contributed by atoms with E-state index in [2.05, 4.69) is 19.7 Å². The lowest BCUT2D eigenvalue weighted by molar-refractivity contribution is -0.155. The summed E-state index contributed by atoms with van der Waals surface area (Å²) < 4.78 is 10.5. The van der Waals surface area contributed by atoms with Crippen molar-refractivity contribution in [3.63, 3.8) is 0 Å². The number of ether oxygens (including phenoxy) is 2. The predicted molar refractivity (Wildman–Crippen MR) is 180 cm³/mol. The standard InChI is InChI=1S/C19H20N2O2.C19H18N2O2/c2*1-19(2,3)23-18(22)17(20-4)13-14-8-10-15(11-9-14)16-7-5-6-12-21-16/h5-12,17H,13H2,1-3H3;5-13H,1-3H3/b;17-13+. The first-order chi connectivity index (χ1) is 21.8. The molecule has 234 valence electrons. The van der Waals surface area contributed by atoms with Crippen LogP contribution in [0.25, 0.3) is 38.3 Å². The zero-order valence-electron chi connectivity index (χ0n) is 27.0. The molecule has 0 spiro atoms. The topological polar surface area (TPSA) is 87.1 Å². The van der Waals surface area contributed by atoms with E-state index in [0.717, 1.165) is 33.6 Å². The zero-order chi connectivity index (χ0) is 33.7. The fourth-order valence-corrected chi connectivity index (χ4v) is 4.03. The minimum atomic E-state index is -0.810. The van der Waals surface area contributed by atoms with Crippen molar-refractivity contribution in [1.29, 1.82) is 0 Å². The van der Waals surface area contributed by atoms with E-state index in [0.29, 0.717) is 6.42 Å². The van der Waals surface area contributed by atoms with E-state index < -0.39 is 29.2 Å². The van der Waals surface area contributed by atoms with Crippen molar-refractivity contribution in [2.45, 2.75) is 65.2 Å². The molecule has 0 radical (unpaired) electrons. The second kappa shape index (κ2) is 15.9. The van der Waals surface area contributed by atoms with Crippen molar-refractivity contribution in [3.8, 4) is 22.5 Å². The molecule has 46 heavy (non-hydrogen) atoms. The van der Waals surface area contributed by atoms with Gasteiger partial charge in [-0.25, -0.2) is 16.2 Å². The first-order valence-corrected chi connectivity index (χ1v) is 14.7. The summed E-state index contributed by atoms with van der Waals surface area (Å²) in [7, 11) is 0. The zero-order valence-corrected chi connectivity index (χ0v) is 27.0. The van der Waals surface area contributed by atoms with Crippen LogP contribution in [0.3, 0.4) is 0 Å². The Morgan fingerprint density at radius 2 is 1.24 bits per heavy atom. The molecular formula is C38H38N4O4. The molecule has 2 aromatic carbocycles. The van der Waals surface area contributed by atoms with Crippen molar-refractivity contribution in [3.05, 3.63) is 137 Å². The van der Waals surface area contributed by atoms with Crippen molar-refractivity contribution in [2.75, 3.05) is 0 Å². The van der Waals surface area contributed by atoms with E-state index in [9.17, 15) is 9.59 Å². The Hall–Kier alpha value is -5.60. The lowest BCUT2D eigenvalue weighted by Gasteiger charge is -2.19. The molecule has 2 aromatic heterocycles.